The van der Waals surface area contributed by atoms with Crippen molar-refractivity contribution in [1.82, 2.24) is 10.4 Å². The van der Waals surface area contributed by atoms with Gasteiger partial charge in [-0.25, -0.2) is 0 Å². The summed E-state index contributed by atoms with van der Waals surface area (Å²) in [6, 6.07) is 4.10. The SMILES string of the molecule is CCCCCCCCCOc1ccc([C@H](N2NC(=O)CC2(C)C)C(F)(F)F)cc1. The molecule has 1 fully saturated rings. The highest BCUT2D eigenvalue weighted by Crippen LogP contribution is 2.42. The second kappa shape index (κ2) is 10.3. The number of hydrazine groups is 1. The van der Waals surface area contributed by atoms with Gasteiger partial charge in [-0.05, 0) is 38.0 Å². The van der Waals surface area contributed by atoms with Crippen LogP contribution in [0.15, 0.2) is 24.3 Å². The van der Waals surface area contributed by atoms with Gasteiger partial charge in [-0.1, -0.05) is 57.6 Å². The van der Waals surface area contributed by atoms with Gasteiger partial charge < -0.3 is 4.74 Å². The summed E-state index contributed by atoms with van der Waals surface area (Å²) in [4.78, 5) is 11.7. The molecule has 1 aliphatic rings. The lowest BCUT2D eigenvalue weighted by molar-refractivity contribution is -0.203. The zero-order valence-electron chi connectivity index (χ0n) is 17.6. The Hall–Kier alpha value is -1.76. The minimum Gasteiger partial charge on any atom is -0.494 e. The van der Waals surface area contributed by atoms with Gasteiger partial charge >= 0.3 is 6.18 Å². The minimum atomic E-state index is -4.52. The molecule has 1 aliphatic heterocycles. The molecule has 1 N–H and O–H groups in total. The molecule has 7 heteroatoms. The zero-order valence-corrected chi connectivity index (χ0v) is 17.6. The summed E-state index contributed by atoms with van der Waals surface area (Å²) in [5, 5.41) is 1.02. The van der Waals surface area contributed by atoms with Crippen LogP contribution in [0.1, 0.15) is 83.7 Å². The lowest BCUT2D eigenvalue weighted by Gasteiger charge is -2.37. The number of unbranched alkanes of at least 4 members (excludes halogenated alkanes) is 6. The minimum absolute atomic E-state index is 0.0270. The van der Waals surface area contributed by atoms with E-state index in [-0.39, 0.29) is 12.0 Å². The smallest absolute Gasteiger partial charge is 0.409 e. The molecule has 1 heterocycles. The molecule has 1 amide bonds. The van der Waals surface area contributed by atoms with Crippen molar-refractivity contribution >= 4 is 5.91 Å². The van der Waals surface area contributed by atoms with Crippen molar-refractivity contribution in [3.63, 3.8) is 0 Å². The Morgan fingerprint density at radius 3 is 2.17 bits per heavy atom. The second-order valence-corrected chi connectivity index (χ2v) is 8.38. The van der Waals surface area contributed by atoms with Crippen LogP contribution in [0.5, 0.6) is 5.75 Å². The highest BCUT2D eigenvalue weighted by atomic mass is 19.4. The molecule has 0 bridgehead atoms. The number of halogens is 3. The molecular formula is C22H33F3N2O2. The van der Waals surface area contributed by atoms with Crippen molar-refractivity contribution in [2.45, 2.75) is 89.9 Å². The molecule has 0 aromatic heterocycles. The van der Waals surface area contributed by atoms with Crippen LogP contribution >= 0.6 is 0 Å². The summed E-state index contributed by atoms with van der Waals surface area (Å²) in [5.74, 6) is 0.157. The third-order valence-corrected chi connectivity index (χ3v) is 5.27. The van der Waals surface area contributed by atoms with Crippen LogP contribution in [-0.2, 0) is 4.79 Å². The van der Waals surface area contributed by atoms with Gasteiger partial charge in [0.05, 0.1) is 6.61 Å². The first-order valence-electron chi connectivity index (χ1n) is 10.5. The van der Waals surface area contributed by atoms with Crippen molar-refractivity contribution in [3.05, 3.63) is 29.8 Å². The fourth-order valence-electron chi connectivity index (χ4n) is 3.70. The van der Waals surface area contributed by atoms with Gasteiger partial charge in [-0.15, -0.1) is 0 Å². The lowest BCUT2D eigenvalue weighted by atomic mass is 9.97. The molecule has 0 radical (unpaired) electrons. The third-order valence-electron chi connectivity index (χ3n) is 5.27. The van der Waals surface area contributed by atoms with E-state index in [1.807, 2.05) is 0 Å². The summed E-state index contributed by atoms with van der Waals surface area (Å²) in [6.45, 7) is 6.01. The highest BCUT2D eigenvalue weighted by Gasteiger charge is 2.52. The van der Waals surface area contributed by atoms with E-state index in [1.54, 1.807) is 26.0 Å². The first kappa shape index (κ1) is 23.5. The van der Waals surface area contributed by atoms with Crippen LogP contribution in [0.3, 0.4) is 0 Å². The average molecular weight is 415 g/mol. The van der Waals surface area contributed by atoms with Gasteiger partial charge in [-0.2, -0.15) is 18.2 Å². The van der Waals surface area contributed by atoms with E-state index in [0.29, 0.717) is 12.4 Å². The Morgan fingerprint density at radius 2 is 1.66 bits per heavy atom. The number of hydrogen-bond acceptors (Lipinski definition) is 3. The number of nitrogens with one attached hydrogen (secondary N) is 1. The predicted octanol–water partition coefficient (Wildman–Crippen LogP) is 5.93. The summed E-state index contributed by atoms with van der Waals surface area (Å²) in [7, 11) is 0. The molecule has 0 saturated carbocycles. The largest absolute Gasteiger partial charge is 0.494 e. The number of amides is 1. The van der Waals surface area contributed by atoms with Crippen molar-refractivity contribution < 1.29 is 22.7 Å². The van der Waals surface area contributed by atoms with E-state index in [9.17, 15) is 18.0 Å². The average Bonchev–Trinajstić information content (AvgIpc) is 2.89. The number of carbonyl (C=O) groups excluding carboxylic acids is 1. The highest BCUT2D eigenvalue weighted by molar-refractivity contribution is 5.79. The number of alkyl halides is 3. The molecule has 4 nitrogen and oxygen atoms in total. The molecule has 1 saturated heterocycles. The van der Waals surface area contributed by atoms with E-state index in [0.717, 1.165) is 17.9 Å². The van der Waals surface area contributed by atoms with Crippen molar-refractivity contribution in [2.24, 2.45) is 0 Å². The summed E-state index contributed by atoms with van der Waals surface area (Å²) in [5.41, 5.74) is 1.53. The number of benzene rings is 1. The molecule has 0 unspecified atom stereocenters. The maximum Gasteiger partial charge on any atom is 0.409 e. The topological polar surface area (TPSA) is 41.6 Å². The fourth-order valence-corrected chi connectivity index (χ4v) is 3.70. The fraction of sp³-hybridized carbons (Fsp3) is 0.682. The Morgan fingerprint density at radius 1 is 1.07 bits per heavy atom. The summed E-state index contributed by atoms with van der Waals surface area (Å²) < 4.78 is 47.1. The molecule has 0 aliphatic carbocycles. The van der Waals surface area contributed by atoms with Gasteiger partial charge in [0.2, 0.25) is 5.91 Å². The van der Waals surface area contributed by atoms with Crippen LogP contribution in [0.2, 0.25) is 0 Å². The Balaban J connectivity index is 1.92. The first-order valence-corrected chi connectivity index (χ1v) is 10.5. The maximum atomic E-state index is 13.8. The number of carbonyl (C=O) groups is 1. The first-order chi connectivity index (χ1) is 13.6. The lowest BCUT2D eigenvalue weighted by Crippen LogP contribution is -2.51. The third kappa shape index (κ3) is 6.91. The molecule has 1 aromatic rings. The number of rotatable bonds is 11. The second-order valence-electron chi connectivity index (χ2n) is 8.38. The van der Waals surface area contributed by atoms with Gasteiger partial charge in [-0.3, -0.25) is 10.2 Å². The molecule has 164 valence electrons. The standard InChI is InChI=1S/C22H33F3N2O2/c1-4-5-6-7-8-9-10-15-29-18-13-11-17(12-14-18)20(22(23,24)25)27-21(2,3)16-19(28)26-27/h11-14,20H,4-10,15-16H2,1-3H3,(H,26,28)/t20-/m0/s1. The van der Waals surface area contributed by atoms with Crippen molar-refractivity contribution in [1.29, 1.82) is 0 Å². The number of hydrogen-bond donors (Lipinski definition) is 1. The van der Waals surface area contributed by atoms with E-state index in [1.165, 1.54) is 44.2 Å². The van der Waals surface area contributed by atoms with E-state index >= 15 is 0 Å². The normalized spacial score (nSPS) is 17.9. The molecule has 2 rings (SSSR count). The number of ether oxygens (including phenoxy) is 1. The molecule has 1 atom stereocenters. The Labute approximate surface area is 171 Å². The van der Waals surface area contributed by atoms with E-state index in [4.69, 9.17) is 4.74 Å². The van der Waals surface area contributed by atoms with Crippen LogP contribution in [0, 0.1) is 0 Å². The monoisotopic (exact) mass is 414 g/mol. The van der Waals surface area contributed by atoms with Crippen molar-refractivity contribution in [3.8, 4) is 5.75 Å². The molecule has 0 spiro atoms. The van der Waals surface area contributed by atoms with Crippen LogP contribution in [0.4, 0.5) is 13.2 Å². The van der Waals surface area contributed by atoms with E-state index in [2.05, 4.69) is 12.3 Å². The molecule has 1 aromatic carbocycles. The summed E-state index contributed by atoms with van der Waals surface area (Å²) in [6.07, 6.45) is 3.75. The van der Waals surface area contributed by atoms with Gasteiger partial charge in [0.15, 0.2) is 6.04 Å². The maximum absolute atomic E-state index is 13.8. The van der Waals surface area contributed by atoms with Crippen molar-refractivity contribution in [2.75, 3.05) is 6.61 Å². The predicted molar refractivity (Wildman–Crippen MR) is 107 cm³/mol. The molecule has 29 heavy (non-hydrogen) atoms. The van der Waals surface area contributed by atoms with E-state index < -0.39 is 23.7 Å². The Bertz CT molecular complexity index is 644. The number of nitrogens with zero attached hydrogens (tertiary/aromatic N) is 1. The Kier molecular flexibility index (Phi) is 8.37. The van der Waals surface area contributed by atoms with Crippen LogP contribution < -0.4 is 10.2 Å². The quantitative estimate of drug-likeness (QED) is 0.456. The van der Waals surface area contributed by atoms with Crippen LogP contribution in [-0.4, -0.2) is 29.2 Å². The summed E-state index contributed by atoms with van der Waals surface area (Å²) >= 11 is 0. The zero-order chi connectivity index (χ0) is 21.5. The molecular weight excluding hydrogens is 381 g/mol. The van der Waals surface area contributed by atoms with Gasteiger partial charge in [0, 0.05) is 12.0 Å². The van der Waals surface area contributed by atoms with Crippen LogP contribution in [0.25, 0.3) is 0 Å². The van der Waals surface area contributed by atoms with Gasteiger partial charge in [0.25, 0.3) is 0 Å². The van der Waals surface area contributed by atoms with Gasteiger partial charge in [0.1, 0.15) is 5.75 Å².